The summed E-state index contributed by atoms with van der Waals surface area (Å²) in [4.78, 5) is 52.8. The molecule has 2 aliphatic heterocycles. The molecule has 4 aromatic rings. The summed E-state index contributed by atoms with van der Waals surface area (Å²) in [6.07, 6.45) is 1.73. The summed E-state index contributed by atoms with van der Waals surface area (Å²) in [5.74, 6) is -21.2. The van der Waals surface area contributed by atoms with Gasteiger partial charge in [0.05, 0.1) is 17.5 Å². The number of phenols is 1. The van der Waals surface area contributed by atoms with Crippen molar-refractivity contribution in [1.29, 1.82) is 0 Å². The van der Waals surface area contributed by atoms with Crippen LogP contribution in [0.4, 0.5) is 33.3 Å². The number of hydrogen-bond acceptors (Lipinski definition) is 5. The van der Waals surface area contributed by atoms with Gasteiger partial charge in [-0.05, 0) is 59.9 Å². The molecule has 3 fully saturated rings. The van der Waals surface area contributed by atoms with Crippen LogP contribution >= 0.6 is 23.2 Å². The number of alkyl halides is 2. The lowest BCUT2D eigenvalue weighted by Crippen LogP contribution is -2.60. The van der Waals surface area contributed by atoms with Crippen LogP contribution in [-0.2, 0) is 25.6 Å². The fraction of sp³-hybridized carbons (Fsp3) is 0.263. The number of allylic oxidation sites excluding steroid dienone is 2. The highest BCUT2D eigenvalue weighted by molar-refractivity contribution is 6.58. The molecule has 2 aliphatic carbocycles. The van der Waals surface area contributed by atoms with E-state index in [0.717, 1.165) is 10.5 Å². The predicted molar refractivity (Wildman–Crippen MR) is 180 cm³/mol. The molecule has 0 bridgehead atoms. The van der Waals surface area contributed by atoms with Gasteiger partial charge in [0.25, 0.3) is 11.8 Å². The number of halogens is 7. The molecule has 14 heteroatoms. The van der Waals surface area contributed by atoms with Gasteiger partial charge in [0.1, 0.15) is 11.4 Å². The van der Waals surface area contributed by atoms with Crippen LogP contribution in [0.25, 0.3) is 10.8 Å². The maximum absolute atomic E-state index is 15.3. The second kappa shape index (κ2) is 11.6. The minimum atomic E-state index is -2.68. The lowest BCUT2D eigenvalue weighted by atomic mass is 9.56. The highest BCUT2D eigenvalue weighted by Crippen LogP contribution is 2.66. The van der Waals surface area contributed by atoms with Crippen molar-refractivity contribution < 1.29 is 46.2 Å². The van der Waals surface area contributed by atoms with E-state index in [0.29, 0.717) is 28.5 Å². The quantitative estimate of drug-likeness (QED) is 0.0580. The molecular formula is C38H25Cl2F5N2O5. The number of nitrogens with zero attached hydrogens (tertiary/aromatic N) is 2. The Morgan fingerprint density at radius 1 is 0.750 bits per heavy atom. The van der Waals surface area contributed by atoms with E-state index in [-0.39, 0.29) is 22.6 Å². The van der Waals surface area contributed by atoms with Gasteiger partial charge in [-0.1, -0.05) is 61.0 Å². The fourth-order valence-electron chi connectivity index (χ4n) is 8.61. The molecule has 0 radical (unpaired) electrons. The maximum atomic E-state index is 15.3. The summed E-state index contributed by atoms with van der Waals surface area (Å²) < 4.78 is 73.9. The number of carbonyl (C=O) groups excluding carboxylic acids is 4. The Kier molecular flexibility index (Phi) is 7.65. The first-order chi connectivity index (χ1) is 24.7. The molecule has 2 saturated heterocycles. The molecule has 1 N–H and O–H groups in total. The van der Waals surface area contributed by atoms with Crippen LogP contribution < -0.4 is 9.80 Å². The molecule has 8 rings (SSSR count). The van der Waals surface area contributed by atoms with E-state index in [9.17, 15) is 37.5 Å². The number of aromatic hydroxyl groups is 1. The number of amides is 4. The molecule has 2 heterocycles. The third-order valence-corrected chi connectivity index (χ3v) is 12.5. The minimum absolute atomic E-state index is 0.00286. The van der Waals surface area contributed by atoms with Gasteiger partial charge in [-0.25, -0.2) is 26.9 Å². The molecule has 0 spiro atoms. The lowest BCUT2D eigenvalue weighted by Gasteiger charge is -2.51. The molecule has 1 saturated carbocycles. The fourth-order valence-corrected chi connectivity index (χ4v) is 9.53. The van der Waals surface area contributed by atoms with Gasteiger partial charge in [-0.2, -0.15) is 0 Å². The molecule has 4 amide bonds. The van der Waals surface area contributed by atoms with Gasteiger partial charge in [-0.15, -0.1) is 23.2 Å². The Labute approximate surface area is 302 Å². The van der Waals surface area contributed by atoms with Crippen molar-refractivity contribution in [3.8, 4) is 5.75 Å². The standard InChI is InChI=1S/C38H25Cl2F5N2O5/c1-2-16-7-9-17(10-8-16)46-33(49)22-12-11-21-23(25(22)34(46)50)15-37(39)35(51)47(32-30(44)28(42)27(41)29(43)31(32)45)36(52)38(37,40)26(21)20-13-14-24(48)19-6-4-3-5-18(19)20/h3-11,13-14,22-23,25-26,48H,2,12,15H2,1H3. The Morgan fingerprint density at radius 3 is 2.00 bits per heavy atom. The van der Waals surface area contributed by atoms with Crippen LogP contribution in [-0.4, -0.2) is 38.5 Å². The molecule has 4 aliphatic rings. The third-order valence-electron chi connectivity index (χ3n) is 11.1. The van der Waals surface area contributed by atoms with Crippen molar-refractivity contribution in [2.24, 2.45) is 17.8 Å². The van der Waals surface area contributed by atoms with Gasteiger partial charge < -0.3 is 5.11 Å². The smallest absolute Gasteiger partial charge is 0.258 e. The normalized spacial score (nSPS) is 28.3. The molecule has 266 valence electrons. The van der Waals surface area contributed by atoms with Gasteiger partial charge in [0, 0.05) is 11.3 Å². The zero-order valence-electron chi connectivity index (χ0n) is 26.9. The SMILES string of the molecule is CCc1ccc(N2C(=O)C3CC=C4C(CC5(Cl)C(=O)N(c6c(F)c(F)c(F)c(F)c6F)C(=O)C5(Cl)C4c4ccc(O)c5ccccc45)C3C2=O)cc1. The maximum Gasteiger partial charge on any atom is 0.258 e. The first-order valence-corrected chi connectivity index (χ1v) is 17.1. The zero-order chi connectivity index (χ0) is 37.2. The van der Waals surface area contributed by atoms with Crippen molar-refractivity contribution in [1.82, 2.24) is 0 Å². The van der Waals surface area contributed by atoms with E-state index in [1.54, 1.807) is 54.6 Å². The Balaban J connectivity index is 1.35. The van der Waals surface area contributed by atoms with Crippen molar-refractivity contribution in [3.05, 3.63) is 113 Å². The number of rotatable bonds is 4. The summed E-state index contributed by atoms with van der Waals surface area (Å²) >= 11 is 14.5. The third kappa shape index (κ3) is 4.24. The van der Waals surface area contributed by atoms with E-state index in [1.165, 1.54) is 12.1 Å². The molecule has 7 nitrogen and oxygen atoms in total. The van der Waals surface area contributed by atoms with Crippen LogP contribution in [0.5, 0.6) is 5.75 Å². The number of anilines is 2. The number of phenolic OH excluding ortho intramolecular Hbond substituents is 1. The first-order valence-electron chi connectivity index (χ1n) is 16.3. The average molecular weight is 756 g/mol. The second-order valence-corrected chi connectivity index (χ2v) is 14.7. The van der Waals surface area contributed by atoms with E-state index in [4.69, 9.17) is 23.2 Å². The van der Waals surface area contributed by atoms with Crippen LogP contribution in [0, 0.1) is 46.8 Å². The summed E-state index contributed by atoms with van der Waals surface area (Å²) in [5, 5.41) is 11.4. The largest absolute Gasteiger partial charge is 0.507 e. The summed E-state index contributed by atoms with van der Waals surface area (Å²) in [6, 6.07) is 16.0. The Bertz CT molecular complexity index is 2310. The lowest BCUT2D eigenvalue weighted by molar-refractivity contribution is -0.125. The average Bonchev–Trinajstić information content (AvgIpc) is 3.48. The summed E-state index contributed by atoms with van der Waals surface area (Å²) in [7, 11) is 0. The van der Waals surface area contributed by atoms with Crippen molar-refractivity contribution in [2.45, 2.75) is 41.9 Å². The number of imide groups is 2. The van der Waals surface area contributed by atoms with Gasteiger partial charge in [0.2, 0.25) is 17.6 Å². The first kappa shape index (κ1) is 34.3. The van der Waals surface area contributed by atoms with E-state index in [1.807, 2.05) is 6.92 Å². The zero-order valence-corrected chi connectivity index (χ0v) is 28.4. The van der Waals surface area contributed by atoms with Crippen LogP contribution in [0.1, 0.15) is 36.8 Å². The summed E-state index contributed by atoms with van der Waals surface area (Å²) in [6.45, 7) is 1.95. The molecule has 0 aromatic heterocycles. The van der Waals surface area contributed by atoms with Crippen molar-refractivity contribution in [3.63, 3.8) is 0 Å². The van der Waals surface area contributed by atoms with Crippen molar-refractivity contribution in [2.75, 3.05) is 9.80 Å². The van der Waals surface area contributed by atoms with Gasteiger partial charge >= 0.3 is 0 Å². The van der Waals surface area contributed by atoms with Crippen LogP contribution in [0.15, 0.2) is 72.3 Å². The topological polar surface area (TPSA) is 95.0 Å². The molecule has 4 aromatic carbocycles. The van der Waals surface area contributed by atoms with Crippen LogP contribution in [0.3, 0.4) is 0 Å². The second-order valence-electron chi connectivity index (χ2n) is 13.4. The molecule has 6 atom stereocenters. The molecule has 52 heavy (non-hydrogen) atoms. The molecular weight excluding hydrogens is 730 g/mol. The Morgan fingerprint density at radius 2 is 1.37 bits per heavy atom. The van der Waals surface area contributed by atoms with E-state index >= 15 is 8.78 Å². The number of fused-ring (bicyclic) bond motifs is 5. The number of benzene rings is 4. The number of carbonyl (C=O) groups is 4. The molecule has 6 unspecified atom stereocenters. The minimum Gasteiger partial charge on any atom is -0.507 e. The van der Waals surface area contributed by atoms with Crippen molar-refractivity contribution >= 4 is 69.0 Å². The van der Waals surface area contributed by atoms with Gasteiger partial charge in [-0.3, -0.25) is 24.1 Å². The summed E-state index contributed by atoms with van der Waals surface area (Å²) in [5.41, 5.74) is -0.0402. The predicted octanol–water partition coefficient (Wildman–Crippen LogP) is 7.57. The van der Waals surface area contributed by atoms with Crippen LogP contribution in [0.2, 0.25) is 0 Å². The number of aryl methyl sites for hydroxylation is 1. The monoisotopic (exact) mass is 754 g/mol. The highest BCUT2D eigenvalue weighted by Gasteiger charge is 2.77. The van der Waals surface area contributed by atoms with E-state index < -0.39 is 98.2 Å². The number of hydrogen-bond donors (Lipinski definition) is 1. The van der Waals surface area contributed by atoms with Gasteiger partial charge in [0.15, 0.2) is 33.0 Å². The highest BCUT2D eigenvalue weighted by atomic mass is 35.5. The Hall–Kier alpha value is -4.81. The van der Waals surface area contributed by atoms with E-state index in [2.05, 4.69) is 0 Å².